The molecule has 0 aliphatic rings. The Kier molecular flexibility index (Phi) is 8.42. The number of carbonyl (C=O) groups excluding carboxylic acids is 1. The van der Waals surface area contributed by atoms with E-state index in [0.717, 1.165) is 18.0 Å². The minimum Gasteiger partial charge on any atom is -0.458 e. The lowest BCUT2D eigenvalue weighted by molar-refractivity contribution is 0.0550. The fraction of sp³-hybridized carbons (Fsp3) is 0.129. The van der Waals surface area contributed by atoms with E-state index in [9.17, 15) is 4.79 Å². The first kappa shape index (κ1) is 24.4. The third kappa shape index (κ3) is 5.84. The molecule has 4 aromatic carbocycles. The summed E-state index contributed by atoms with van der Waals surface area (Å²) in [5.74, 6) is 0.535. The molecule has 0 saturated carbocycles. The van der Waals surface area contributed by atoms with Gasteiger partial charge in [-0.15, -0.1) is 11.8 Å². The van der Waals surface area contributed by atoms with Crippen molar-refractivity contribution in [1.82, 2.24) is 0 Å². The molecule has 4 heteroatoms. The number of anilines is 1. The average Bonchev–Trinajstić information content (AvgIpc) is 2.94. The van der Waals surface area contributed by atoms with Gasteiger partial charge in [0.2, 0.25) is 0 Å². The lowest BCUT2D eigenvalue weighted by Gasteiger charge is -2.35. The Hall–Kier alpha value is -3.76. The molecule has 176 valence electrons. The molecule has 0 fully saturated rings. The molecular weight excluding hydrogens is 450 g/mol. The number of hydrogen-bond acceptors (Lipinski definition) is 4. The highest BCUT2D eigenvalue weighted by molar-refractivity contribution is 8.00. The van der Waals surface area contributed by atoms with Crippen molar-refractivity contribution in [2.24, 2.45) is 0 Å². The average molecular weight is 480 g/mol. The predicted octanol–water partition coefficient (Wildman–Crippen LogP) is 7.17. The van der Waals surface area contributed by atoms with Crippen LogP contribution in [0.1, 0.15) is 27.0 Å². The van der Waals surface area contributed by atoms with Gasteiger partial charge in [0.05, 0.1) is 10.3 Å². The first-order chi connectivity index (χ1) is 17.2. The molecule has 4 rings (SSSR count). The molecule has 0 radical (unpaired) electrons. The molecule has 35 heavy (non-hydrogen) atoms. The summed E-state index contributed by atoms with van der Waals surface area (Å²) in [5, 5.41) is 3.49. The number of hydrogen-bond donors (Lipinski definition) is 1. The molecule has 0 aliphatic heterocycles. The number of esters is 1. The normalized spacial score (nSPS) is 11.0. The van der Waals surface area contributed by atoms with Gasteiger partial charge in [-0.3, -0.25) is 0 Å². The number of benzene rings is 4. The number of ether oxygens (including phenoxy) is 1. The van der Waals surface area contributed by atoms with Crippen LogP contribution in [0.25, 0.3) is 0 Å². The Morgan fingerprint density at radius 2 is 1.26 bits per heavy atom. The highest BCUT2D eigenvalue weighted by atomic mass is 32.2. The second kappa shape index (κ2) is 12.1. The molecular formula is C31H29NO2S. The van der Waals surface area contributed by atoms with Gasteiger partial charge in [-0.2, -0.15) is 0 Å². The van der Waals surface area contributed by atoms with E-state index >= 15 is 0 Å². The summed E-state index contributed by atoms with van der Waals surface area (Å²) >= 11 is 1.92. The minimum atomic E-state index is -0.342. The SMILES string of the molecule is C=CCOC(=O)c1ccc(NCCSC(c2ccccc2)(c2ccccc2)c2ccccc2)cc1. The molecule has 4 aromatic rings. The first-order valence-electron chi connectivity index (χ1n) is 11.7. The van der Waals surface area contributed by atoms with Gasteiger partial charge >= 0.3 is 5.97 Å². The van der Waals surface area contributed by atoms with Crippen LogP contribution in [0.5, 0.6) is 0 Å². The number of thioether (sulfide) groups is 1. The van der Waals surface area contributed by atoms with Crippen LogP contribution in [0.2, 0.25) is 0 Å². The van der Waals surface area contributed by atoms with Crippen molar-refractivity contribution in [3.05, 3.63) is 150 Å². The van der Waals surface area contributed by atoms with E-state index in [1.54, 1.807) is 18.2 Å². The zero-order valence-electron chi connectivity index (χ0n) is 19.6. The minimum absolute atomic E-state index is 0.210. The monoisotopic (exact) mass is 479 g/mol. The lowest BCUT2D eigenvalue weighted by atomic mass is 9.84. The zero-order valence-corrected chi connectivity index (χ0v) is 20.4. The van der Waals surface area contributed by atoms with Crippen LogP contribution in [0.3, 0.4) is 0 Å². The van der Waals surface area contributed by atoms with Crippen molar-refractivity contribution >= 4 is 23.4 Å². The second-order valence-electron chi connectivity index (χ2n) is 8.02. The molecule has 0 bridgehead atoms. The fourth-order valence-electron chi connectivity index (χ4n) is 4.11. The summed E-state index contributed by atoms with van der Waals surface area (Å²) in [5.41, 5.74) is 5.26. The van der Waals surface area contributed by atoms with Crippen LogP contribution >= 0.6 is 11.8 Å². The zero-order chi connectivity index (χ0) is 24.3. The van der Waals surface area contributed by atoms with E-state index < -0.39 is 0 Å². The van der Waals surface area contributed by atoms with Gasteiger partial charge in [-0.05, 0) is 41.0 Å². The van der Waals surface area contributed by atoms with E-state index in [-0.39, 0.29) is 17.3 Å². The van der Waals surface area contributed by atoms with Crippen LogP contribution in [0, 0.1) is 0 Å². The van der Waals surface area contributed by atoms with E-state index in [2.05, 4.69) is 103 Å². The van der Waals surface area contributed by atoms with Crippen molar-refractivity contribution in [3.8, 4) is 0 Å². The van der Waals surface area contributed by atoms with Crippen molar-refractivity contribution in [3.63, 3.8) is 0 Å². The number of carbonyl (C=O) groups is 1. The van der Waals surface area contributed by atoms with Crippen LogP contribution in [0.15, 0.2) is 128 Å². The molecule has 0 amide bonds. The van der Waals surface area contributed by atoms with Gasteiger partial charge in [-0.25, -0.2) is 4.79 Å². The Morgan fingerprint density at radius 3 is 1.71 bits per heavy atom. The quantitative estimate of drug-likeness (QED) is 0.107. The molecule has 0 aromatic heterocycles. The van der Waals surface area contributed by atoms with E-state index in [0.29, 0.717) is 5.56 Å². The number of nitrogens with one attached hydrogen (secondary N) is 1. The lowest BCUT2D eigenvalue weighted by Crippen LogP contribution is -2.27. The third-order valence-electron chi connectivity index (χ3n) is 5.74. The van der Waals surface area contributed by atoms with Gasteiger partial charge in [0, 0.05) is 18.0 Å². The molecule has 0 unspecified atom stereocenters. The van der Waals surface area contributed by atoms with Crippen LogP contribution in [0.4, 0.5) is 5.69 Å². The summed E-state index contributed by atoms with van der Waals surface area (Å²) in [4.78, 5) is 12.0. The van der Waals surface area contributed by atoms with Crippen LogP contribution < -0.4 is 5.32 Å². The summed E-state index contributed by atoms with van der Waals surface area (Å²) in [6, 6.07) is 39.5. The Bertz CT molecular complexity index is 1110. The van der Waals surface area contributed by atoms with Crippen molar-refractivity contribution in [2.75, 3.05) is 24.2 Å². The van der Waals surface area contributed by atoms with Crippen molar-refractivity contribution < 1.29 is 9.53 Å². The van der Waals surface area contributed by atoms with Gasteiger partial charge < -0.3 is 10.1 Å². The highest BCUT2D eigenvalue weighted by Crippen LogP contribution is 2.48. The van der Waals surface area contributed by atoms with Crippen LogP contribution in [-0.2, 0) is 9.48 Å². The maximum absolute atomic E-state index is 12.0. The van der Waals surface area contributed by atoms with Gasteiger partial charge in [0.25, 0.3) is 0 Å². The number of rotatable bonds is 11. The predicted molar refractivity (Wildman–Crippen MR) is 147 cm³/mol. The van der Waals surface area contributed by atoms with Crippen molar-refractivity contribution in [1.29, 1.82) is 0 Å². The highest BCUT2D eigenvalue weighted by Gasteiger charge is 2.36. The van der Waals surface area contributed by atoms with E-state index in [4.69, 9.17) is 4.74 Å². The summed E-state index contributed by atoms with van der Waals surface area (Å²) in [7, 11) is 0. The van der Waals surface area contributed by atoms with Gasteiger partial charge in [0.15, 0.2) is 0 Å². The molecule has 1 N–H and O–H groups in total. The maximum atomic E-state index is 12.0. The standard InChI is InChI=1S/C31H29NO2S/c1-2-23-34-30(33)25-18-20-29(21-19-25)32-22-24-35-31(26-12-6-3-7-13-26,27-14-8-4-9-15-27)28-16-10-5-11-17-28/h2-21,32H,1,22-24H2. The molecule has 0 heterocycles. The Balaban J connectivity index is 1.53. The molecule has 3 nitrogen and oxygen atoms in total. The summed E-state index contributed by atoms with van der Waals surface area (Å²) in [6.07, 6.45) is 1.56. The summed E-state index contributed by atoms with van der Waals surface area (Å²) < 4.78 is 4.77. The topological polar surface area (TPSA) is 38.3 Å². The first-order valence-corrected chi connectivity index (χ1v) is 12.6. The molecule has 0 aliphatic carbocycles. The Morgan fingerprint density at radius 1 is 0.771 bits per heavy atom. The van der Waals surface area contributed by atoms with Crippen LogP contribution in [-0.4, -0.2) is 24.9 Å². The smallest absolute Gasteiger partial charge is 0.338 e. The van der Waals surface area contributed by atoms with Crippen molar-refractivity contribution in [2.45, 2.75) is 4.75 Å². The summed E-state index contributed by atoms with van der Waals surface area (Å²) in [6.45, 7) is 4.56. The molecule has 0 spiro atoms. The Labute approximate surface area is 211 Å². The maximum Gasteiger partial charge on any atom is 0.338 e. The second-order valence-corrected chi connectivity index (χ2v) is 9.33. The fourth-order valence-corrected chi connectivity index (χ4v) is 5.53. The third-order valence-corrected chi connectivity index (χ3v) is 7.29. The van der Waals surface area contributed by atoms with Gasteiger partial charge in [0.1, 0.15) is 6.61 Å². The molecule has 0 atom stereocenters. The largest absolute Gasteiger partial charge is 0.458 e. The van der Waals surface area contributed by atoms with Gasteiger partial charge in [-0.1, -0.05) is 104 Å². The van der Waals surface area contributed by atoms with E-state index in [1.165, 1.54) is 16.7 Å². The van der Waals surface area contributed by atoms with E-state index in [1.807, 2.05) is 23.9 Å². The molecule has 0 saturated heterocycles.